The summed E-state index contributed by atoms with van der Waals surface area (Å²) in [7, 11) is 1.38. The van der Waals surface area contributed by atoms with Crippen molar-refractivity contribution in [3.8, 4) is 5.75 Å². The smallest absolute Gasteiger partial charge is 0.311 e. The van der Waals surface area contributed by atoms with Gasteiger partial charge in [0.05, 0.1) is 17.8 Å². The molecule has 0 aliphatic rings. The summed E-state index contributed by atoms with van der Waals surface area (Å²) in [5.41, 5.74) is 2.11. The Labute approximate surface area is 194 Å². The SMILES string of the molecule is COc1ccc(CSCC(=O)NCc2cccc(NC(=O)Cn3cccn3)c2)cc1[N+](=O)[O-]. The molecule has 0 bridgehead atoms. The topological polar surface area (TPSA) is 128 Å². The summed E-state index contributed by atoms with van der Waals surface area (Å²) in [6, 6.07) is 13.7. The molecule has 2 aromatic carbocycles. The fourth-order valence-corrected chi connectivity index (χ4v) is 3.79. The molecule has 0 spiro atoms. The minimum absolute atomic E-state index is 0.100. The van der Waals surface area contributed by atoms with Crippen LogP contribution in [0.25, 0.3) is 0 Å². The van der Waals surface area contributed by atoms with Gasteiger partial charge in [0.15, 0.2) is 5.75 Å². The van der Waals surface area contributed by atoms with Crippen molar-refractivity contribution in [2.45, 2.75) is 18.8 Å². The lowest BCUT2D eigenvalue weighted by atomic mass is 10.2. The van der Waals surface area contributed by atoms with Gasteiger partial charge in [-0.3, -0.25) is 24.4 Å². The van der Waals surface area contributed by atoms with Gasteiger partial charge >= 0.3 is 5.69 Å². The summed E-state index contributed by atoms with van der Waals surface area (Å²) < 4.78 is 6.52. The molecule has 10 nitrogen and oxygen atoms in total. The molecule has 1 heterocycles. The maximum Gasteiger partial charge on any atom is 0.311 e. The first-order chi connectivity index (χ1) is 15.9. The Morgan fingerprint density at radius 2 is 2.00 bits per heavy atom. The number of nitrogens with zero attached hydrogens (tertiary/aromatic N) is 3. The predicted molar refractivity (Wildman–Crippen MR) is 125 cm³/mol. The van der Waals surface area contributed by atoms with Crippen LogP contribution in [0.4, 0.5) is 11.4 Å². The van der Waals surface area contributed by atoms with Crippen LogP contribution in [0.1, 0.15) is 11.1 Å². The number of carbonyl (C=O) groups is 2. The Hall–Kier alpha value is -3.86. The third-order valence-electron chi connectivity index (χ3n) is 4.51. The van der Waals surface area contributed by atoms with Gasteiger partial charge in [0.1, 0.15) is 6.54 Å². The van der Waals surface area contributed by atoms with E-state index in [1.807, 2.05) is 6.07 Å². The molecular weight excluding hydrogens is 446 g/mol. The second-order valence-electron chi connectivity index (χ2n) is 6.99. The highest BCUT2D eigenvalue weighted by Gasteiger charge is 2.15. The maximum atomic E-state index is 12.2. The van der Waals surface area contributed by atoms with Crippen molar-refractivity contribution in [3.05, 3.63) is 82.2 Å². The van der Waals surface area contributed by atoms with Gasteiger partial charge in [-0.25, -0.2) is 0 Å². The van der Waals surface area contributed by atoms with Crippen molar-refractivity contribution in [1.82, 2.24) is 15.1 Å². The lowest BCUT2D eigenvalue weighted by Gasteiger charge is -2.09. The van der Waals surface area contributed by atoms with Gasteiger partial charge in [0.25, 0.3) is 0 Å². The Morgan fingerprint density at radius 3 is 2.73 bits per heavy atom. The number of hydrogen-bond acceptors (Lipinski definition) is 7. The van der Waals surface area contributed by atoms with Crippen LogP contribution in [0.2, 0.25) is 0 Å². The third kappa shape index (κ3) is 7.35. The van der Waals surface area contributed by atoms with Gasteiger partial charge in [-0.1, -0.05) is 18.2 Å². The summed E-state index contributed by atoms with van der Waals surface area (Å²) in [5.74, 6) is 0.508. The zero-order chi connectivity index (χ0) is 23.6. The first kappa shape index (κ1) is 23.8. The highest BCUT2D eigenvalue weighted by molar-refractivity contribution is 7.99. The number of benzene rings is 2. The first-order valence-electron chi connectivity index (χ1n) is 9.96. The molecule has 3 rings (SSSR count). The number of aromatic nitrogens is 2. The molecule has 0 aliphatic carbocycles. The fourth-order valence-electron chi connectivity index (χ4n) is 2.98. The Morgan fingerprint density at radius 1 is 1.15 bits per heavy atom. The van der Waals surface area contributed by atoms with E-state index in [2.05, 4.69) is 15.7 Å². The Bertz CT molecular complexity index is 1120. The number of nitrogens with one attached hydrogen (secondary N) is 2. The van der Waals surface area contributed by atoms with Gasteiger partial charge in [0.2, 0.25) is 11.8 Å². The fraction of sp³-hybridized carbons (Fsp3) is 0.227. The molecule has 2 N–H and O–H groups in total. The molecule has 2 amide bonds. The van der Waals surface area contributed by atoms with Crippen LogP contribution >= 0.6 is 11.8 Å². The van der Waals surface area contributed by atoms with Gasteiger partial charge in [-0.15, -0.1) is 11.8 Å². The van der Waals surface area contributed by atoms with Crippen molar-refractivity contribution < 1.29 is 19.2 Å². The monoisotopic (exact) mass is 469 g/mol. The average molecular weight is 470 g/mol. The molecule has 3 aromatic rings. The van der Waals surface area contributed by atoms with E-state index < -0.39 is 4.92 Å². The highest BCUT2D eigenvalue weighted by atomic mass is 32.2. The van der Waals surface area contributed by atoms with Gasteiger partial charge in [0, 0.05) is 36.4 Å². The number of hydrogen-bond donors (Lipinski definition) is 2. The van der Waals surface area contributed by atoms with Crippen LogP contribution in [-0.2, 0) is 28.4 Å². The van der Waals surface area contributed by atoms with E-state index in [4.69, 9.17) is 4.74 Å². The molecular formula is C22H23N5O5S. The number of rotatable bonds is 11. The molecule has 0 fully saturated rings. The van der Waals surface area contributed by atoms with Crippen molar-refractivity contribution in [3.63, 3.8) is 0 Å². The number of nitro groups is 1. The Balaban J connectivity index is 1.43. The second kappa shape index (κ2) is 11.7. The largest absolute Gasteiger partial charge is 0.490 e. The van der Waals surface area contributed by atoms with Crippen LogP contribution in [0, 0.1) is 10.1 Å². The summed E-state index contributed by atoms with van der Waals surface area (Å²) >= 11 is 1.36. The van der Waals surface area contributed by atoms with Crippen molar-refractivity contribution in [1.29, 1.82) is 0 Å². The summed E-state index contributed by atoms with van der Waals surface area (Å²) in [6.07, 6.45) is 3.31. The molecule has 172 valence electrons. The molecule has 0 saturated heterocycles. The number of amides is 2. The van der Waals surface area contributed by atoms with Gasteiger partial charge < -0.3 is 15.4 Å². The van der Waals surface area contributed by atoms with Gasteiger partial charge in [-0.2, -0.15) is 5.10 Å². The van der Waals surface area contributed by atoms with Crippen molar-refractivity contribution in [2.24, 2.45) is 0 Å². The normalized spacial score (nSPS) is 10.5. The first-order valence-corrected chi connectivity index (χ1v) is 11.1. The summed E-state index contributed by atoms with van der Waals surface area (Å²) in [4.78, 5) is 34.9. The van der Waals surface area contributed by atoms with Crippen molar-refractivity contribution >= 4 is 35.0 Å². The van der Waals surface area contributed by atoms with Crippen LogP contribution in [0.3, 0.4) is 0 Å². The van der Waals surface area contributed by atoms with E-state index in [9.17, 15) is 19.7 Å². The molecule has 0 saturated carbocycles. The molecule has 33 heavy (non-hydrogen) atoms. The molecule has 0 radical (unpaired) electrons. The minimum Gasteiger partial charge on any atom is -0.490 e. The lowest BCUT2D eigenvalue weighted by Crippen LogP contribution is -2.24. The van der Waals surface area contributed by atoms with E-state index >= 15 is 0 Å². The molecule has 0 unspecified atom stereocenters. The standard InChI is InChI=1S/C22H23N5O5S/c1-32-20-7-6-17(11-19(20)27(30)31)14-33-15-22(29)23-12-16-4-2-5-18(10-16)25-21(28)13-26-9-3-8-24-26/h2-11H,12-15H2,1H3,(H,23,29)(H,25,28). The second-order valence-corrected chi connectivity index (χ2v) is 7.97. The number of methoxy groups -OCH3 is 1. The maximum absolute atomic E-state index is 12.2. The van der Waals surface area contributed by atoms with E-state index in [1.165, 1.54) is 29.6 Å². The number of nitro benzene ring substituents is 1. The summed E-state index contributed by atoms with van der Waals surface area (Å²) in [6.45, 7) is 0.429. The van der Waals surface area contributed by atoms with Crippen LogP contribution < -0.4 is 15.4 Å². The highest BCUT2D eigenvalue weighted by Crippen LogP contribution is 2.28. The molecule has 1 aromatic heterocycles. The minimum atomic E-state index is -0.492. The van der Waals surface area contributed by atoms with Crippen LogP contribution in [0.15, 0.2) is 60.9 Å². The quantitative estimate of drug-likeness (QED) is 0.326. The number of ether oxygens (including phenoxy) is 1. The third-order valence-corrected chi connectivity index (χ3v) is 5.51. The number of thioether (sulfide) groups is 1. The Kier molecular flexibility index (Phi) is 8.42. The predicted octanol–water partition coefficient (Wildman–Crippen LogP) is 2.99. The lowest BCUT2D eigenvalue weighted by molar-refractivity contribution is -0.385. The van der Waals surface area contributed by atoms with Crippen LogP contribution in [0.5, 0.6) is 5.75 Å². The zero-order valence-electron chi connectivity index (χ0n) is 17.9. The van der Waals surface area contributed by atoms with Crippen LogP contribution in [-0.4, -0.2) is 39.4 Å². The van der Waals surface area contributed by atoms with Gasteiger partial charge in [-0.05, 0) is 35.4 Å². The van der Waals surface area contributed by atoms with E-state index in [0.29, 0.717) is 18.0 Å². The summed E-state index contributed by atoms with van der Waals surface area (Å²) in [5, 5.41) is 20.8. The average Bonchev–Trinajstić information content (AvgIpc) is 3.30. The number of carbonyl (C=O) groups excluding carboxylic acids is 2. The zero-order valence-corrected chi connectivity index (χ0v) is 18.7. The molecule has 0 aliphatic heterocycles. The van der Waals surface area contributed by atoms with E-state index in [1.54, 1.807) is 48.8 Å². The van der Waals surface area contributed by atoms with E-state index in [0.717, 1.165) is 11.1 Å². The van der Waals surface area contributed by atoms with E-state index in [-0.39, 0.29) is 35.5 Å². The van der Waals surface area contributed by atoms with Crippen molar-refractivity contribution in [2.75, 3.05) is 18.2 Å². The molecule has 11 heteroatoms. The number of anilines is 1. The molecule has 0 atom stereocenters.